The highest BCUT2D eigenvalue weighted by Gasteiger charge is 2.49. The van der Waals surface area contributed by atoms with E-state index < -0.39 is 0 Å². The summed E-state index contributed by atoms with van der Waals surface area (Å²) in [7, 11) is 2.29. The van der Waals surface area contributed by atoms with E-state index in [9.17, 15) is 0 Å². The van der Waals surface area contributed by atoms with Gasteiger partial charge in [0.2, 0.25) is 0 Å². The number of nitrogens with zero attached hydrogens (tertiary/aromatic N) is 1. The van der Waals surface area contributed by atoms with Gasteiger partial charge in [0, 0.05) is 23.7 Å². The van der Waals surface area contributed by atoms with Gasteiger partial charge in [0.25, 0.3) is 0 Å². The highest BCUT2D eigenvalue weighted by Crippen LogP contribution is 2.43. The molecule has 104 valence electrons. The average Bonchev–Trinajstić information content (AvgIpc) is 2.59. The van der Waals surface area contributed by atoms with Crippen LogP contribution in [0.25, 0.3) is 0 Å². The first-order chi connectivity index (χ1) is 8.98. The number of hydrogen-bond donors (Lipinski definition) is 1. The molecule has 1 N–H and O–H groups in total. The Bertz CT molecular complexity index is 426. The van der Waals surface area contributed by atoms with Crippen LogP contribution in [0.3, 0.4) is 0 Å². The molecular weight excluding hydrogens is 232 g/mol. The van der Waals surface area contributed by atoms with Gasteiger partial charge >= 0.3 is 0 Å². The fourth-order valence-corrected chi connectivity index (χ4v) is 4.14. The first-order valence-corrected chi connectivity index (χ1v) is 7.52. The predicted octanol–water partition coefficient (Wildman–Crippen LogP) is 3.18. The Morgan fingerprint density at radius 2 is 1.68 bits per heavy atom. The van der Waals surface area contributed by atoms with E-state index in [1.807, 2.05) is 0 Å². The summed E-state index contributed by atoms with van der Waals surface area (Å²) in [6, 6.07) is 11.5. The summed E-state index contributed by atoms with van der Waals surface area (Å²) in [6.07, 6.45) is 5.23. The molecule has 2 bridgehead atoms. The van der Waals surface area contributed by atoms with E-state index >= 15 is 0 Å². The van der Waals surface area contributed by atoms with Gasteiger partial charge in [-0.1, -0.05) is 30.3 Å². The van der Waals surface area contributed by atoms with Crippen LogP contribution in [-0.2, 0) is 6.54 Å². The lowest BCUT2D eigenvalue weighted by Gasteiger charge is -2.45. The standard InChI is InChI=1S/C17H26N2/c1-16-9-10-17(2,18-16)12-15(11-16)19(3)13-14-7-5-4-6-8-14/h4-8,15,18H,9-13H2,1-3H3/t15?,16-,17+. The lowest BCUT2D eigenvalue weighted by Crippen LogP contribution is -2.58. The molecule has 2 aliphatic rings. The number of benzene rings is 1. The summed E-state index contributed by atoms with van der Waals surface area (Å²) < 4.78 is 0. The SMILES string of the molecule is CN(Cc1ccccc1)C1C[C@]2(C)CC[C@](C)(C1)N2. The van der Waals surface area contributed by atoms with Gasteiger partial charge in [-0.05, 0) is 52.1 Å². The highest BCUT2D eigenvalue weighted by molar-refractivity contribution is 5.15. The second-order valence-corrected chi connectivity index (χ2v) is 7.21. The van der Waals surface area contributed by atoms with E-state index in [2.05, 4.69) is 61.4 Å². The van der Waals surface area contributed by atoms with Gasteiger partial charge < -0.3 is 5.32 Å². The average molecular weight is 258 g/mol. The quantitative estimate of drug-likeness (QED) is 0.896. The summed E-state index contributed by atoms with van der Waals surface area (Å²) in [6.45, 7) is 5.87. The van der Waals surface area contributed by atoms with Crippen molar-refractivity contribution in [3.8, 4) is 0 Å². The van der Waals surface area contributed by atoms with Crippen molar-refractivity contribution in [3.05, 3.63) is 35.9 Å². The van der Waals surface area contributed by atoms with Crippen molar-refractivity contribution in [1.29, 1.82) is 0 Å². The summed E-state index contributed by atoms with van der Waals surface area (Å²) in [4.78, 5) is 2.55. The van der Waals surface area contributed by atoms with Crippen molar-refractivity contribution in [2.75, 3.05) is 7.05 Å². The van der Waals surface area contributed by atoms with Crippen LogP contribution in [-0.4, -0.2) is 29.1 Å². The highest BCUT2D eigenvalue weighted by atomic mass is 15.2. The normalized spacial score (nSPS) is 37.8. The fourth-order valence-electron chi connectivity index (χ4n) is 4.14. The summed E-state index contributed by atoms with van der Waals surface area (Å²) in [5.74, 6) is 0. The first kappa shape index (κ1) is 13.1. The molecule has 3 atom stereocenters. The third-order valence-corrected chi connectivity index (χ3v) is 5.10. The molecule has 2 saturated heterocycles. The Hall–Kier alpha value is -0.860. The van der Waals surface area contributed by atoms with Crippen LogP contribution in [0.5, 0.6) is 0 Å². The van der Waals surface area contributed by atoms with Crippen molar-refractivity contribution in [2.24, 2.45) is 0 Å². The zero-order chi connectivity index (χ0) is 13.5. The molecular formula is C17H26N2. The molecule has 2 fully saturated rings. The van der Waals surface area contributed by atoms with Crippen LogP contribution in [0.1, 0.15) is 45.1 Å². The van der Waals surface area contributed by atoms with Crippen molar-refractivity contribution >= 4 is 0 Å². The number of fused-ring (bicyclic) bond motifs is 2. The Balaban J connectivity index is 1.69. The van der Waals surface area contributed by atoms with Gasteiger partial charge in [0.1, 0.15) is 0 Å². The number of rotatable bonds is 3. The van der Waals surface area contributed by atoms with E-state index in [1.54, 1.807) is 0 Å². The maximum absolute atomic E-state index is 3.87. The second-order valence-electron chi connectivity index (χ2n) is 7.21. The zero-order valence-corrected chi connectivity index (χ0v) is 12.4. The molecule has 1 aromatic rings. The minimum atomic E-state index is 0.364. The van der Waals surface area contributed by atoms with Gasteiger partial charge in [0.15, 0.2) is 0 Å². The molecule has 0 amide bonds. The third-order valence-electron chi connectivity index (χ3n) is 5.10. The number of hydrogen-bond acceptors (Lipinski definition) is 2. The zero-order valence-electron chi connectivity index (χ0n) is 12.4. The third kappa shape index (κ3) is 2.70. The Morgan fingerprint density at radius 3 is 2.26 bits per heavy atom. The monoisotopic (exact) mass is 258 g/mol. The van der Waals surface area contributed by atoms with Crippen molar-refractivity contribution in [3.63, 3.8) is 0 Å². The lowest BCUT2D eigenvalue weighted by molar-refractivity contribution is 0.104. The molecule has 0 spiro atoms. The molecule has 2 nitrogen and oxygen atoms in total. The molecule has 1 unspecified atom stereocenters. The van der Waals surface area contributed by atoms with Crippen molar-refractivity contribution in [1.82, 2.24) is 10.2 Å². The van der Waals surface area contributed by atoms with Crippen molar-refractivity contribution < 1.29 is 0 Å². The van der Waals surface area contributed by atoms with Crippen LogP contribution in [0.15, 0.2) is 30.3 Å². The van der Waals surface area contributed by atoms with Gasteiger partial charge in [-0.2, -0.15) is 0 Å². The minimum Gasteiger partial charge on any atom is -0.306 e. The van der Waals surface area contributed by atoms with Gasteiger partial charge in [-0.15, -0.1) is 0 Å². The van der Waals surface area contributed by atoms with Crippen LogP contribution < -0.4 is 5.32 Å². The molecule has 2 aliphatic heterocycles. The molecule has 0 saturated carbocycles. The Morgan fingerprint density at radius 1 is 1.11 bits per heavy atom. The Labute approximate surface area is 117 Å². The molecule has 0 aromatic heterocycles. The number of piperidine rings is 1. The van der Waals surface area contributed by atoms with E-state index in [-0.39, 0.29) is 0 Å². The van der Waals surface area contributed by atoms with E-state index in [0.717, 1.165) is 6.54 Å². The van der Waals surface area contributed by atoms with Gasteiger partial charge in [-0.25, -0.2) is 0 Å². The topological polar surface area (TPSA) is 15.3 Å². The molecule has 2 heteroatoms. The summed E-state index contributed by atoms with van der Waals surface area (Å²) in [5, 5.41) is 3.87. The lowest BCUT2D eigenvalue weighted by atomic mass is 9.84. The van der Waals surface area contributed by atoms with Crippen LogP contribution in [0.2, 0.25) is 0 Å². The minimum absolute atomic E-state index is 0.364. The second kappa shape index (κ2) is 4.60. The first-order valence-electron chi connectivity index (χ1n) is 7.52. The molecule has 2 heterocycles. The van der Waals surface area contributed by atoms with E-state index in [1.165, 1.54) is 31.2 Å². The molecule has 0 radical (unpaired) electrons. The fraction of sp³-hybridized carbons (Fsp3) is 0.647. The van der Waals surface area contributed by atoms with Crippen LogP contribution in [0, 0.1) is 0 Å². The van der Waals surface area contributed by atoms with E-state index in [4.69, 9.17) is 0 Å². The van der Waals surface area contributed by atoms with Crippen LogP contribution >= 0.6 is 0 Å². The summed E-state index contributed by atoms with van der Waals surface area (Å²) in [5.41, 5.74) is 2.15. The maximum Gasteiger partial charge on any atom is 0.0233 e. The molecule has 0 aliphatic carbocycles. The largest absolute Gasteiger partial charge is 0.306 e. The van der Waals surface area contributed by atoms with E-state index in [0.29, 0.717) is 17.1 Å². The van der Waals surface area contributed by atoms with Gasteiger partial charge in [0.05, 0.1) is 0 Å². The molecule has 1 aromatic carbocycles. The smallest absolute Gasteiger partial charge is 0.0233 e. The van der Waals surface area contributed by atoms with Gasteiger partial charge in [-0.3, -0.25) is 4.90 Å². The van der Waals surface area contributed by atoms with Crippen molar-refractivity contribution in [2.45, 2.75) is 63.2 Å². The molecule has 3 rings (SSSR count). The number of nitrogens with one attached hydrogen (secondary N) is 1. The predicted molar refractivity (Wildman–Crippen MR) is 80.1 cm³/mol. The maximum atomic E-state index is 3.87. The van der Waals surface area contributed by atoms with Crippen LogP contribution in [0.4, 0.5) is 0 Å². The summed E-state index contributed by atoms with van der Waals surface area (Å²) >= 11 is 0. The molecule has 19 heavy (non-hydrogen) atoms. The Kier molecular flexibility index (Phi) is 3.18.